The van der Waals surface area contributed by atoms with Gasteiger partial charge in [0.1, 0.15) is 61.5 Å². The molecule has 3 amide bonds. The number of hydrogen-bond acceptors (Lipinski definition) is 17. The first-order valence-electron chi connectivity index (χ1n) is 17.9. The molecule has 11 N–H and O–H groups in total. The number of nitrogens with one attached hydrogen (secondary N) is 2. The second kappa shape index (κ2) is 23.5. The number of benzene rings is 1. The summed E-state index contributed by atoms with van der Waals surface area (Å²) in [6, 6.07) is 7.35. The van der Waals surface area contributed by atoms with E-state index in [1.807, 2.05) is 0 Å². The van der Waals surface area contributed by atoms with Crippen LogP contribution in [0.4, 0.5) is 4.79 Å². The minimum absolute atomic E-state index is 0.00445. The number of amides is 3. The van der Waals surface area contributed by atoms with Crippen LogP contribution in [0.15, 0.2) is 30.3 Å². The maximum Gasteiger partial charge on any atom is 0.408 e. The average Bonchev–Trinajstić information content (AvgIpc) is 3.17. The van der Waals surface area contributed by atoms with Gasteiger partial charge in [0.05, 0.1) is 32.8 Å². The Hall–Kier alpha value is -3.58. The van der Waals surface area contributed by atoms with Crippen LogP contribution in [0.1, 0.15) is 37.7 Å². The molecule has 1 aromatic rings. The summed E-state index contributed by atoms with van der Waals surface area (Å²) in [5.41, 5.74) is 0.696. The highest BCUT2D eigenvalue weighted by Crippen LogP contribution is 2.23. The Morgan fingerprint density at radius 3 is 1.80 bits per heavy atom. The summed E-state index contributed by atoms with van der Waals surface area (Å²) < 4.78 is 26.8. The zero-order chi connectivity index (χ0) is 40.5. The number of unbranched alkanes of at least 4 members (excludes halogenated alkanes) is 2. The van der Waals surface area contributed by atoms with Crippen LogP contribution >= 0.6 is 0 Å². The van der Waals surface area contributed by atoms with Crippen molar-refractivity contribution in [3.8, 4) is 0 Å². The summed E-state index contributed by atoms with van der Waals surface area (Å²) in [4.78, 5) is 50.8. The molecule has 2 heterocycles. The number of alkyl carbamates (subject to hydrolysis) is 1. The molecule has 2 saturated heterocycles. The van der Waals surface area contributed by atoms with E-state index >= 15 is 0 Å². The van der Waals surface area contributed by atoms with Gasteiger partial charge in [-0.05, 0) is 18.4 Å². The number of rotatable bonds is 22. The molecular formula is C34H53N3O18. The van der Waals surface area contributed by atoms with Crippen molar-refractivity contribution in [2.75, 3.05) is 46.1 Å². The van der Waals surface area contributed by atoms with Crippen LogP contribution in [0.5, 0.6) is 0 Å². The van der Waals surface area contributed by atoms with Crippen LogP contribution in [-0.2, 0) is 44.7 Å². The summed E-state index contributed by atoms with van der Waals surface area (Å²) >= 11 is 0. The van der Waals surface area contributed by atoms with Crippen LogP contribution in [-0.4, -0.2) is 188 Å². The molecule has 0 unspecified atom stereocenters. The molecule has 2 aliphatic heterocycles. The van der Waals surface area contributed by atoms with Gasteiger partial charge in [0.2, 0.25) is 11.8 Å². The third-order valence-corrected chi connectivity index (χ3v) is 8.90. The van der Waals surface area contributed by atoms with Crippen molar-refractivity contribution in [1.82, 2.24) is 15.5 Å². The summed E-state index contributed by atoms with van der Waals surface area (Å²) in [7, 11) is 0. The quantitative estimate of drug-likeness (QED) is 0.0497. The van der Waals surface area contributed by atoms with Crippen molar-refractivity contribution < 1.29 is 88.8 Å². The molecule has 0 aliphatic carbocycles. The Labute approximate surface area is 316 Å². The SMILES string of the molecule is O=C(O)C[C@H](NC(=O)OCc1ccccc1)C(=O)NCCCCCC(=O)N(CCO[C@H]1O[C@H](CO)[C@@H](O)[C@H](O)[C@@H]1O)CCO[C@H]1O[C@H](CO)[C@@H](O)[C@H](O)[C@@H]1O. The highest BCUT2D eigenvalue weighted by atomic mass is 16.7. The van der Waals surface area contributed by atoms with E-state index < -0.39 is 111 Å². The molecule has 312 valence electrons. The molecule has 1 aromatic carbocycles. The van der Waals surface area contributed by atoms with Crippen molar-refractivity contribution in [1.29, 1.82) is 0 Å². The first kappa shape index (κ1) is 45.8. The Balaban J connectivity index is 1.48. The lowest BCUT2D eigenvalue weighted by Gasteiger charge is -2.40. The molecule has 21 heteroatoms. The fraction of sp³-hybridized carbons (Fsp3) is 0.706. The lowest BCUT2D eigenvalue weighted by Crippen LogP contribution is -2.59. The van der Waals surface area contributed by atoms with Crippen LogP contribution in [0.3, 0.4) is 0 Å². The molecule has 2 fully saturated rings. The van der Waals surface area contributed by atoms with Crippen LogP contribution in [0.2, 0.25) is 0 Å². The van der Waals surface area contributed by atoms with Crippen molar-refractivity contribution in [3.05, 3.63) is 35.9 Å². The number of carboxylic acids is 1. The second-order valence-electron chi connectivity index (χ2n) is 13.0. The number of nitrogens with zero attached hydrogens (tertiary/aromatic N) is 1. The van der Waals surface area contributed by atoms with Crippen LogP contribution < -0.4 is 10.6 Å². The number of carboxylic acid groups (broad SMARTS) is 1. The third-order valence-electron chi connectivity index (χ3n) is 8.90. The smallest absolute Gasteiger partial charge is 0.408 e. The zero-order valence-electron chi connectivity index (χ0n) is 30.1. The van der Waals surface area contributed by atoms with Crippen molar-refractivity contribution in [2.45, 2.75) is 106 Å². The van der Waals surface area contributed by atoms with Gasteiger partial charge >= 0.3 is 12.1 Å². The van der Waals surface area contributed by atoms with E-state index in [0.717, 1.165) is 0 Å². The van der Waals surface area contributed by atoms with Crippen molar-refractivity contribution in [3.63, 3.8) is 0 Å². The number of hydrogen-bond donors (Lipinski definition) is 11. The maximum atomic E-state index is 13.3. The van der Waals surface area contributed by atoms with Gasteiger partial charge in [0, 0.05) is 26.1 Å². The van der Waals surface area contributed by atoms with Gasteiger partial charge in [0.15, 0.2) is 12.6 Å². The predicted octanol–water partition coefficient (Wildman–Crippen LogP) is -4.11. The number of aliphatic carboxylic acids is 1. The fourth-order valence-corrected chi connectivity index (χ4v) is 5.69. The van der Waals surface area contributed by atoms with E-state index in [9.17, 15) is 65.1 Å². The topological polar surface area (TPSA) is 324 Å². The standard InChI is InChI=1S/C34H53N3O18/c38-16-21-25(43)27(45)29(47)32(54-21)51-13-11-37(12-14-52-33-30(48)28(46)26(44)22(17-39)55-33)23(40)9-5-2-6-10-35-31(49)20(15-24(41)42)36-34(50)53-18-19-7-3-1-4-8-19/h1,3-4,7-8,20-22,25-30,32-33,38-39,43-48H,2,5-6,9-18H2,(H,35,49)(H,36,50)(H,41,42)/t20-,21+,22+,25+,26+,27-,28-,29-,30-,32-,33-/m0/s1. The molecule has 0 spiro atoms. The number of carbonyl (C=O) groups excluding carboxylic acids is 3. The Bertz CT molecular complexity index is 1280. The third kappa shape index (κ3) is 14.5. The summed E-state index contributed by atoms with van der Waals surface area (Å²) in [5, 5.41) is 93.5. The first-order valence-corrected chi connectivity index (χ1v) is 17.9. The molecule has 11 atom stereocenters. The van der Waals surface area contributed by atoms with Gasteiger partial charge < -0.3 is 85.2 Å². The molecule has 0 saturated carbocycles. The van der Waals surface area contributed by atoms with Gasteiger partial charge in [0.25, 0.3) is 0 Å². The lowest BCUT2D eigenvalue weighted by atomic mass is 9.99. The summed E-state index contributed by atoms with van der Waals surface area (Å²) in [5.74, 6) is -2.44. The molecule has 0 bridgehead atoms. The Morgan fingerprint density at radius 2 is 1.29 bits per heavy atom. The number of aliphatic hydroxyl groups is 8. The molecule has 0 aromatic heterocycles. The molecule has 55 heavy (non-hydrogen) atoms. The van der Waals surface area contributed by atoms with E-state index in [2.05, 4.69) is 10.6 Å². The minimum atomic E-state index is -1.67. The number of ether oxygens (including phenoxy) is 5. The van der Waals surface area contributed by atoms with Gasteiger partial charge in [-0.3, -0.25) is 14.4 Å². The Morgan fingerprint density at radius 1 is 0.745 bits per heavy atom. The first-order chi connectivity index (χ1) is 26.3. The molecular weight excluding hydrogens is 738 g/mol. The molecule has 2 aliphatic rings. The molecule has 0 radical (unpaired) electrons. The zero-order valence-corrected chi connectivity index (χ0v) is 30.1. The highest BCUT2D eigenvalue weighted by molar-refractivity contribution is 5.89. The number of aliphatic hydroxyl groups excluding tert-OH is 8. The molecule has 3 rings (SSSR count). The fourth-order valence-electron chi connectivity index (χ4n) is 5.69. The van der Waals surface area contributed by atoms with Crippen LogP contribution in [0.25, 0.3) is 0 Å². The summed E-state index contributed by atoms with van der Waals surface area (Å²) in [6.07, 6.45) is -15.7. The largest absolute Gasteiger partial charge is 0.481 e. The van der Waals surface area contributed by atoms with E-state index in [0.29, 0.717) is 24.8 Å². The molecule has 21 nitrogen and oxygen atoms in total. The van der Waals surface area contributed by atoms with Gasteiger partial charge in [-0.1, -0.05) is 36.8 Å². The number of carbonyl (C=O) groups is 4. The van der Waals surface area contributed by atoms with Crippen molar-refractivity contribution >= 4 is 23.9 Å². The Kier molecular flexibility index (Phi) is 19.6. The summed E-state index contributed by atoms with van der Waals surface area (Å²) in [6.45, 7) is -2.01. The van der Waals surface area contributed by atoms with Gasteiger partial charge in [-0.2, -0.15) is 0 Å². The monoisotopic (exact) mass is 791 g/mol. The highest BCUT2D eigenvalue weighted by Gasteiger charge is 2.45. The van der Waals surface area contributed by atoms with Gasteiger partial charge in [-0.25, -0.2) is 4.79 Å². The second-order valence-corrected chi connectivity index (χ2v) is 13.0. The predicted molar refractivity (Wildman–Crippen MR) is 183 cm³/mol. The van der Waals surface area contributed by atoms with Crippen molar-refractivity contribution in [2.24, 2.45) is 0 Å². The van der Waals surface area contributed by atoms with E-state index in [1.165, 1.54) is 4.90 Å². The van der Waals surface area contributed by atoms with E-state index in [-0.39, 0.29) is 45.9 Å². The van der Waals surface area contributed by atoms with Crippen LogP contribution in [0, 0.1) is 0 Å². The normalized spacial score (nSPS) is 28.5. The average molecular weight is 792 g/mol. The lowest BCUT2D eigenvalue weighted by molar-refractivity contribution is -0.303. The minimum Gasteiger partial charge on any atom is -0.481 e. The van der Waals surface area contributed by atoms with Gasteiger partial charge in [-0.15, -0.1) is 0 Å². The van der Waals surface area contributed by atoms with E-state index in [4.69, 9.17) is 23.7 Å². The maximum absolute atomic E-state index is 13.3. The van der Waals surface area contributed by atoms with E-state index in [1.54, 1.807) is 30.3 Å².